The summed E-state index contributed by atoms with van der Waals surface area (Å²) in [6, 6.07) is 11.0. The van der Waals surface area contributed by atoms with Gasteiger partial charge < -0.3 is 14.8 Å². The molecule has 0 aliphatic rings. The molecule has 0 aliphatic heterocycles. The predicted molar refractivity (Wildman–Crippen MR) is 109 cm³/mol. The molecular weight excluding hydrogens is 380 g/mol. The molecule has 0 atom stereocenters. The minimum Gasteiger partial charge on any atom is -0.497 e. The van der Waals surface area contributed by atoms with Crippen LogP contribution in [0.4, 0.5) is 5.69 Å². The van der Waals surface area contributed by atoms with E-state index in [1.165, 1.54) is 30.7 Å². The van der Waals surface area contributed by atoms with Crippen molar-refractivity contribution in [3.8, 4) is 11.5 Å². The molecular formula is C20H26N2O5S. The number of anilines is 1. The average Bonchev–Trinajstić information content (AvgIpc) is 2.71. The van der Waals surface area contributed by atoms with Gasteiger partial charge in [0.05, 0.1) is 19.1 Å². The number of hydrogen-bond donors (Lipinski definition) is 1. The van der Waals surface area contributed by atoms with Crippen LogP contribution in [0.3, 0.4) is 0 Å². The van der Waals surface area contributed by atoms with Crippen molar-refractivity contribution in [1.82, 2.24) is 4.31 Å². The second kappa shape index (κ2) is 9.57. The number of methoxy groups -OCH3 is 2. The van der Waals surface area contributed by atoms with Crippen LogP contribution in [0.2, 0.25) is 0 Å². The average molecular weight is 407 g/mol. The smallest absolute Gasteiger partial charge is 0.255 e. The summed E-state index contributed by atoms with van der Waals surface area (Å²) in [5, 5.41) is 2.74. The molecule has 0 saturated carbocycles. The lowest BCUT2D eigenvalue weighted by Crippen LogP contribution is -2.27. The Hall–Kier alpha value is -2.58. The number of amides is 1. The van der Waals surface area contributed by atoms with Gasteiger partial charge in [0.1, 0.15) is 11.5 Å². The zero-order chi connectivity index (χ0) is 20.7. The van der Waals surface area contributed by atoms with Crippen molar-refractivity contribution in [3.63, 3.8) is 0 Å². The molecule has 2 rings (SSSR count). The van der Waals surface area contributed by atoms with Gasteiger partial charge in [-0.1, -0.05) is 13.3 Å². The Morgan fingerprint density at radius 2 is 1.61 bits per heavy atom. The number of sulfonamides is 1. The first-order chi connectivity index (χ1) is 13.3. The lowest BCUT2D eigenvalue weighted by molar-refractivity contribution is 0.102. The summed E-state index contributed by atoms with van der Waals surface area (Å²) in [5.74, 6) is 0.648. The highest BCUT2D eigenvalue weighted by Gasteiger charge is 2.20. The van der Waals surface area contributed by atoms with Crippen molar-refractivity contribution in [3.05, 3.63) is 48.0 Å². The van der Waals surface area contributed by atoms with Gasteiger partial charge in [0, 0.05) is 30.9 Å². The monoisotopic (exact) mass is 406 g/mol. The van der Waals surface area contributed by atoms with Crippen molar-refractivity contribution < 1.29 is 22.7 Å². The number of nitrogens with zero attached hydrogens (tertiary/aromatic N) is 1. The molecule has 8 heteroatoms. The highest BCUT2D eigenvalue weighted by atomic mass is 32.2. The van der Waals surface area contributed by atoms with Crippen molar-refractivity contribution in [2.75, 3.05) is 33.1 Å². The Kier molecular flexibility index (Phi) is 7.42. The van der Waals surface area contributed by atoms with E-state index in [2.05, 4.69) is 5.32 Å². The van der Waals surface area contributed by atoms with Crippen molar-refractivity contribution in [2.24, 2.45) is 0 Å². The van der Waals surface area contributed by atoms with E-state index in [1.54, 1.807) is 37.4 Å². The summed E-state index contributed by atoms with van der Waals surface area (Å²) in [6.07, 6.45) is 1.72. The maximum Gasteiger partial charge on any atom is 0.255 e. The number of hydrogen-bond acceptors (Lipinski definition) is 5. The molecule has 2 aromatic rings. The highest BCUT2D eigenvalue weighted by Crippen LogP contribution is 2.24. The zero-order valence-electron chi connectivity index (χ0n) is 16.6. The summed E-state index contributed by atoms with van der Waals surface area (Å²) in [6.45, 7) is 2.48. The second-order valence-electron chi connectivity index (χ2n) is 6.26. The zero-order valence-corrected chi connectivity index (χ0v) is 17.4. The topological polar surface area (TPSA) is 84.9 Å². The Labute approximate surface area is 166 Å². The maximum absolute atomic E-state index is 12.5. The number of ether oxygens (including phenoxy) is 2. The van der Waals surface area contributed by atoms with Crippen LogP contribution in [0, 0.1) is 0 Å². The fourth-order valence-corrected chi connectivity index (χ4v) is 3.74. The SMILES string of the molecule is CCCCN(C)S(=O)(=O)c1ccc(NC(=O)c2cc(OC)cc(OC)c2)cc1. The van der Waals surface area contributed by atoms with Gasteiger partial charge in [-0.3, -0.25) is 4.79 Å². The molecule has 2 aromatic carbocycles. The van der Waals surface area contributed by atoms with E-state index in [9.17, 15) is 13.2 Å². The molecule has 152 valence electrons. The minimum absolute atomic E-state index is 0.187. The first-order valence-corrected chi connectivity index (χ1v) is 10.4. The van der Waals surface area contributed by atoms with Crippen LogP contribution in [-0.2, 0) is 10.0 Å². The maximum atomic E-state index is 12.5. The molecule has 0 saturated heterocycles. The van der Waals surface area contributed by atoms with Gasteiger partial charge in [-0.2, -0.15) is 0 Å². The molecule has 7 nitrogen and oxygen atoms in total. The highest BCUT2D eigenvalue weighted by molar-refractivity contribution is 7.89. The van der Waals surface area contributed by atoms with Crippen LogP contribution < -0.4 is 14.8 Å². The molecule has 0 aliphatic carbocycles. The Morgan fingerprint density at radius 1 is 1.04 bits per heavy atom. The molecule has 0 aromatic heterocycles. The lowest BCUT2D eigenvalue weighted by atomic mass is 10.2. The lowest BCUT2D eigenvalue weighted by Gasteiger charge is -2.17. The Balaban J connectivity index is 2.15. The van der Waals surface area contributed by atoms with E-state index in [-0.39, 0.29) is 10.8 Å². The summed E-state index contributed by atoms with van der Waals surface area (Å²) in [5.41, 5.74) is 0.856. The van der Waals surface area contributed by atoms with E-state index in [4.69, 9.17) is 9.47 Å². The summed E-state index contributed by atoms with van der Waals surface area (Å²) >= 11 is 0. The fourth-order valence-electron chi connectivity index (χ4n) is 2.53. The van der Waals surface area contributed by atoms with Crippen molar-refractivity contribution in [1.29, 1.82) is 0 Å². The molecule has 0 spiro atoms. The van der Waals surface area contributed by atoms with Crippen LogP contribution in [0.1, 0.15) is 30.1 Å². The number of unbranched alkanes of at least 4 members (excludes halogenated alkanes) is 1. The molecule has 0 unspecified atom stereocenters. The van der Waals surface area contributed by atoms with Crippen molar-refractivity contribution in [2.45, 2.75) is 24.7 Å². The first kappa shape index (κ1) is 21.7. The molecule has 28 heavy (non-hydrogen) atoms. The quantitative estimate of drug-likeness (QED) is 0.690. The van der Waals surface area contributed by atoms with E-state index in [0.29, 0.717) is 29.3 Å². The van der Waals surface area contributed by atoms with Crippen LogP contribution in [0.15, 0.2) is 47.4 Å². The predicted octanol–water partition coefficient (Wildman–Crippen LogP) is 3.38. The van der Waals surface area contributed by atoms with Gasteiger partial charge in [-0.05, 0) is 42.8 Å². The Bertz CT molecular complexity index is 888. The standard InChI is InChI=1S/C20H26N2O5S/c1-5-6-11-22(2)28(24,25)19-9-7-16(8-10-19)21-20(23)15-12-17(26-3)14-18(13-15)27-4/h7-10,12-14H,5-6,11H2,1-4H3,(H,21,23). The molecule has 1 N–H and O–H groups in total. The minimum atomic E-state index is -3.54. The van der Waals surface area contributed by atoms with Crippen LogP contribution >= 0.6 is 0 Å². The fraction of sp³-hybridized carbons (Fsp3) is 0.350. The van der Waals surface area contributed by atoms with Gasteiger partial charge in [0.25, 0.3) is 5.91 Å². The van der Waals surface area contributed by atoms with Crippen LogP contribution in [0.25, 0.3) is 0 Å². The summed E-state index contributed by atoms with van der Waals surface area (Å²) in [4.78, 5) is 12.7. The van der Waals surface area contributed by atoms with E-state index >= 15 is 0 Å². The second-order valence-corrected chi connectivity index (χ2v) is 8.30. The van der Waals surface area contributed by atoms with Crippen LogP contribution in [-0.4, -0.2) is 46.4 Å². The normalized spacial score (nSPS) is 11.3. The third-order valence-electron chi connectivity index (χ3n) is 4.26. The van der Waals surface area contributed by atoms with Crippen LogP contribution in [0.5, 0.6) is 11.5 Å². The number of carbonyl (C=O) groups is 1. The van der Waals surface area contributed by atoms with E-state index < -0.39 is 10.0 Å². The van der Waals surface area contributed by atoms with Gasteiger partial charge in [-0.15, -0.1) is 0 Å². The summed E-state index contributed by atoms with van der Waals surface area (Å²) < 4.78 is 36.8. The number of nitrogens with one attached hydrogen (secondary N) is 1. The summed E-state index contributed by atoms with van der Waals surface area (Å²) in [7, 11) is 1.04. The van der Waals surface area contributed by atoms with Gasteiger partial charge in [0.15, 0.2) is 0 Å². The number of benzene rings is 2. The van der Waals surface area contributed by atoms with E-state index in [0.717, 1.165) is 12.8 Å². The molecule has 1 amide bonds. The first-order valence-electron chi connectivity index (χ1n) is 8.92. The third-order valence-corrected chi connectivity index (χ3v) is 6.13. The van der Waals surface area contributed by atoms with Gasteiger partial charge in [-0.25, -0.2) is 12.7 Å². The largest absolute Gasteiger partial charge is 0.497 e. The molecule has 0 heterocycles. The number of carbonyl (C=O) groups excluding carboxylic acids is 1. The molecule has 0 radical (unpaired) electrons. The molecule has 0 bridgehead atoms. The van der Waals surface area contributed by atoms with E-state index in [1.807, 2.05) is 6.92 Å². The van der Waals surface area contributed by atoms with Crippen molar-refractivity contribution >= 4 is 21.6 Å². The van der Waals surface area contributed by atoms with Gasteiger partial charge >= 0.3 is 0 Å². The number of rotatable bonds is 9. The Morgan fingerprint density at radius 3 is 2.11 bits per heavy atom. The third kappa shape index (κ3) is 5.24. The van der Waals surface area contributed by atoms with Gasteiger partial charge in [0.2, 0.25) is 10.0 Å². The molecule has 0 fully saturated rings.